The summed E-state index contributed by atoms with van der Waals surface area (Å²) in [4.78, 5) is 25.2. The van der Waals surface area contributed by atoms with Crippen molar-refractivity contribution in [1.29, 1.82) is 0 Å². The van der Waals surface area contributed by atoms with E-state index in [2.05, 4.69) is 5.10 Å². The number of carbonyl (C=O) groups is 2. The highest BCUT2D eigenvalue weighted by molar-refractivity contribution is 5.97. The zero-order chi connectivity index (χ0) is 18.1. The summed E-state index contributed by atoms with van der Waals surface area (Å²) in [5.74, 6) is -1.37. The third-order valence-electron chi connectivity index (χ3n) is 4.28. The molecule has 1 aromatic heterocycles. The Bertz CT molecular complexity index is 778. The molecule has 128 valence electrons. The van der Waals surface area contributed by atoms with Gasteiger partial charge in [0.1, 0.15) is 5.54 Å². The Morgan fingerprint density at radius 1 is 1.25 bits per heavy atom. The van der Waals surface area contributed by atoms with Gasteiger partial charge in [-0.05, 0) is 51.5 Å². The van der Waals surface area contributed by atoms with E-state index in [-0.39, 0.29) is 5.91 Å². The van der Waals surface area contributed by atoms with Crippen LogP contribution < -0.4 is 0 Å². The van der Waals surface area contributed by atoms with Crippen LogP contribution in [0.4, 0.5) is 0 Å². The van der Waals surface area contributed by atoms with Crippen LogP contribution in [0.3, 0.4) is 0 Å². The third kappa shape index (κ3) is 3.48. The third-order valence-corrected chi connectivity index (χ3v) is 4.28. The van der Waals surface area contributed by atoms with E-state index in [4.69, 9.17) is 0 Å². The molecule has 0 saturated carbocycles. The number of amides is 1. The normalized spacial score (nSPS) is 11.4. The Balaban J connectivity index is 2.25. The lowest BCUT2D eigenvalue weighted by molar-refractivity contribution is -0.147. The van der Waals surface area contributed by atoms with E-state index < -0.39 is 11.5 Å². The number of benzene rings is 1. The molecule has 0 bridgehead atoms. The van der Waals surface area contributed by atoms with Crippen LogP contribution in [-0.2, 0) is 11.3 Å². The van der Waals surface area contributed by atoms with Crippen LogP contribution in [0.2, 0.25) is 0 Å². The molecule has 1 aromatic carbocycles. The zero-order valence-electron chi connectivity index (χ0n) is 14.7. The van der Waals surface area contributed by atoms with E-state index in [1.165, 1.54) is 25.8 Å². The van der Waals surface area contributed by atoms with Gasteiger partial charge in [0.25, 0.3) is 5.91 Å². The SMILES string of the molecule is Cc1cc(C)n(Cc2cccc(C(=O)N(C)C(C)(C)C(=O)O)c2)n1. The maximum absolute atomic E-state index is 12.6. The Morgan fingerprint density at radius 2 is 1.92 bits per heavy atom. The summed E-state index contributed by atoms with van der Waals surface area (Å²) < 4.78 is 1.88. The van der Waals surface area contributed by atoms with Crippen LogP contribution in [0.1, 0.15) is 41.2 Å². The first-order valence-corrected chi connectivity index (χ1v) is 7.74. The molecule has 0 radical (unpaired) electrons. The fraction of sp³-hybridized carbons (Fsp3) is 0.389. The number of hydrogen-bond acceptors (Lipinski definition) is 3. The van der Waals surface area contributed by atoms with Crippen molar-refractivity contribution >= 4 is 11.9 Å². The lowest BCUT2D eigenvalue weighted by Gasteiger charge is -2.31. The minimum absolute atomic E-state index is 0.322. The van der Waals surface area contributed by atoms with Gasteiger partial charge < -0.3 is 10.0 Å². The Labute approximate surface area is 141 Å². The number of carboxylic acids is 1. The van der Waals surface area contributed by atoms with Gasteiger partial charge in [-0.2, -0.15) is 5.10 Å². The second kappa shape index (κ2) is 6.47. The number of carboxylic acid groups (broad SMARTS) is 1. The summed E-state index contributed by atoms with van der Waals surface area (Å²) in [6, 6.07) is 9.21. The average Bonchev–Trinajstić information content (AvgIpc) is 2.83. The van der Waals surface area contributed by atoms with Gasteiger partial charge in [0.2, 0.25) is 0 Å². The molecule has 2 rings (SSSR count). The van der Waals surface area contributed by atoms with Gasteiger partial charge in [0.15, 0.2) is 0 Å². The van der Waals surface area contributed by atoms with Crippen LogP contribution in [-0.4, -0.2) is 44.3 Å². The van der Waals surface area contributed by atoms with Gasteiger partial charge in [-0.25, -0.2) is 4.79 Å². The standard InChI is InChI=1S/C18H23N3O3/c1-12-9-13(2)21(19-12)11-14-7-6-8-15(10-14)16(22)20(5)18(3,4)17(23)24/h6-10H,11H2,1-5H3,(H,23,24). The molecule has 1 amide bonds. The van der Waals surface area contributed by atoms with Crippen molar-refractivity contribution in [3.05, 3.63) is 52.8 Å². The molecule has 24 heavy (non-hydrogen) atoms. The minimum atomic E-state index is -1.28. The van der Waals surface area contributed by atoms with E-state index in [1.807, 2.05) is 30.7 Å². The molecule has 0 spiro atoms. The highest BCUT2D eigenvalue weighted by atomic mass is 16.4. The van der Waals surface area contributed by atoms with Gasteiger partial charge in [-0.3, -0.25) is 9.48 Å². The van der Waals surface area contributed by atoms with Gasteiger partial charge in [-0.15, -0.1) is 0 Å². The molecular formula is C18H23N3O3. The quantitative estimate of drug-likeness (QED) is 0.914. The van der Waals surface area contributed by atoms with Crippen molar-refractivity contribution in [2.75, 3.05) is 7.05 Å². The van der Waals surface area contributed by atoms with E-state index in [1.54, 1.807) is 18.2 Å². The molecule has 0 aliphatic heterocycles. The molecule has 0 fully saturated rings. The second-order valence-corrected chi connectivity index (χ2v) is 6.51. The highest BCUT2D eigenvalue weighted by Crippen LogP contribution is 2.18. The van der Waals surface area contributed by atoms with E-state index in [9.17, 15) is 14.7 Å². The molecule has 0 aliphatic rings. The Hall–Kier alpha value is -2.63. The van der Waals surface area contributed by atoms with Gasteiger partial charge in [-0.1, -0.05) is 12.1 Å². The Morgan fingerprint density at radius 3 is 2.46 bits per heavy atom. The summed E-state index contributed by atoms with van der Waals surface area (Å²) in [6.45, 7) is 7.50. The number of hydrogen-bond donors (Lipinski definition) is 1. The molecule has 1 heterocycles. The van der Waals surface area contributed by atoms with Gasteiger partial charge >= 0.3 is 5.97 Å². The number of rotatable bonds is 5. The van der Waals surface area contributed by atoms with Crippen molar-refractivity contribution in [3.63, 3.8) is 0 Å². The zero-order valence-corrected chi connectivity index (χ0v) is 14.7. The van der Waals surface area contributed by atoms with Crippen LogP contribution >= 0.6 is 0 Å². The number of aliphatic carboxylic acids is 1. The van der Waals surface area contributed by atoms with E-state index in [0.29, 0.717) is 12.1 Å². The van der Waals surface area contributed by atoms with Crippen molar-refractivity contribution in [1.82, 2.24) is 14.7 Å². The van der Waals surface area contributed by atoms with Crippen LogP contribution in [0, 0.1) is 13.8 Å². The van der Waals surface area contributed by atoms with Gasteiger partial charge in [0, 0.05) is 18.3 Å². The van der Waals surface area contributed by atoms with Gasteiger partial charge in [0.05, 0.1) is 12.2 Å². The van der Waals surface area contributed by atoms with Crippen LogP contribution in [0.15, 0.2) is 30.3 Å². The second-order valence-electron chi connectivity index (χ2n) is 6.51. The number of carbonyl (C=O) groups excluding carboxylic acids is 1. The topological polar surface area (TPSA) is 75.4 Å². The van der Waals surface area contributed by atoms with Crippen molar-refractivity contribution in [3.8, 4) is 0 Å². The predicted octanol–water partition coefficient (Wildman–Crippen LogP) is 2.48. The van der Waals surface area contributed by atoms with Crippen molar-refractivity contribution in [2.24, 2.45) is 0 Å². The number of aryl methyl sites for hydroxylation is 2. The summed E-state index contributed by atoms with van der Waals surface area (Å²) in [5.41, 5.74) is 2.12. The molecule has 6 heteroatoms. The maximum Gasteiger partial charge on any atom is 0.329 e. The monoisotopic (exact) mass is 329 g/mol. The number of likely N-dealkylation sites (N-methyl/N-ethyl adjacent to an activating group) is 1. The molecule has 0 saturated heterocycles. The first-order valence-electron chi connectivity index (χ1n) is 7.74. The maximum atomic E-state index is 12.6. The molecule has 0 unspecified atom stereocenters. The average molecular weight is 329 g/mol. The highest BCUT2D eigenvalue weighted by Gasteiger charge is 2.35. The molecular weight excluding hydrogens is 306 g/mol. The Kier molecular flexibility index (Phi) is 4.78. The molecule has 0 atom stereocenters. The summed E-state index contributed by atoms with van der Waals surface area (Å²) >= 11 is 0. The fourth-order valence-electron chi connectivity index (χ4n) is 2.40. The van der Waals surface area contributed by atoms with Crippen molar-refractivity contribution in [2.45, 2.75) is 39.8 Å². The predicted molar refractivity (Wildman–Crippen MR) is 91.1 cm³/mol. The summed E-state index contributed by atoms with van der Waals surface area (Å²) in [5, 5.41) is 13.7. The lowest BCUT2D eigenvalue weighted by atomic mass is 10.0. The lowest BCUT2D eigenvalue weighted by Crippen LogP contribution is -2.50. The molecule has 2 aromatic rings. The number of aromatic nitrogens is 2. The smallest absolute Gasteiger partial charge is 0.329 e. The summed E-state index contributed by atoms with van der Waals surface area (Å²) in [6.07, 6.45) is 0. The summed E-state index contributed by atoms with van der Waals surface area (Å²) in [7, 11) is 1.50. The number of nitrogens with zero attached hydrogens (tertiary/aromatic N) is 3. The molecule has 1 N–H and O–H groups in total. The van der Waals surface area contributed by atoms with Crippen LogP contribution in [0.25, 0.3) is 0 Å². The first-order chi connectivity index (χ1) is 11.1. The molecule has 6 nitrogen and oxygen atoms in total. The van der Waals surface area contributed by atoms with Crippen LogP contribution in [0.5, 0.6) is 0 Å². The van der Waals surface area contributed by atoms with E-state index >= 15 is 0 Å². The first kappa shape index (κ1) is 17.7. The largest absolute Gasteiger partial charge is 0.480 e. The van der Waals surface area contributed by atoms with Crippen molar-refractivity contribution < 1.29 is 14.7 Å². The minimum Gasteiger partial charge on any atom is -0.480 e. The molecule has 0 aliphatic carbocycles. The fourth-order valence-corrected chi connectivity index (χ4v) is 2.40. The van der Waals surface area contributed by atoms with E-state index in [0.717, 1.165) is 17.0 Å².